The molecule has 20 heavy (non-hydrogen) atoms. The zero-order valence-electron chi connectivity index (χ0n) is 13.0. The van der Waals surface area contributed by atoms with Gasteiger partial charge in [-0.05, 0) is 47.1 Å². The Morgan fingerprint density at radius 2 is 2.20 bits per heavy atom. The topological polar surface area (TPSA) is 50.3 Å². The third-order valence-corrected chi connectivity index (χ3v) is 3.43. The molecule has 1 atom stereocenters. The minimum absolute atomic E-state index is 0.127. The SMILES string of the molecule is CC(C)Oc1ccnc(N(CC2CCCN2)C(C)C)n1. The predicted molar refractivity (Wildman–Crippen MR) is 81.3 cm³/mol. The maximum atomic E-state index is 5.66. The van der Waals surface area contributed by atoms with Crippen LogP contribution in [0.1, 0.15) is 40.5 Å². The van der Waals surface area contributed by atoms with Gasteiger partial charge < -0.3 is 15.0 Å². The van der Waals surface area contributed by atoms with Gasteiger partial charge in [0.1, 0.15) is 0 Å². The molecule has 112 valence electrons. The van der Waals surface area contributed by atoms with Crippen LogP contribution in [0.15, 0.2) is 12.3 Å². The summed E-state index contributed by atoms with van der Waals surface area (Å²) in [5, 5.41) is 3.53. The molecule has 0 radical (unpaired) electrons. The van der Waals surface area contributed by atoms with E-state index in [1.54, 1.807) is 6.20 Å². The Labute approximate surface area is 121 Å². The molecule has 1 fully saturated rings. The van der Waals surface area contributed by atoms with Gasteiger partial charge in [0.15, 0.2) is 0 Å². The second-order valence-corrected chi connectivity index (χ2v) is 5.90. The Bertz CT molecular complexity index is 416. The molecular formula is C15H26N4O. The molecule has 2 rings (SSSR count). The van der Waals surface area contributed by atoms with E-state index in [1.807, 2.05) is 19.9 Å². The van der Waals surface area contributed by atoms with E-state index in [0.717, 1.165) is 19.0 Å². The summed E-state index contributed by atoms with van der Waals surface area (Å²) in [6, 6.07) is 2.72. The van der Waals surface area contributed by atoms with E-state index < -0.39 is 0 Å². The quantitative estimate of drug-likeness (QED) is 0.865. The molecule has 0 saturated carbocycles. The van der Waals surface area contributed by atoms with Crippen molar-refractivity contribution in [1.29, 1.82) is 0 Å². The van der Waals surface area contributed by atoms with E-state index in [9.17, 15) is 0 Å². The predicted octanol–water partition coefficient (Wildman–Crippen LogP) is 2.23. The molecule has 1 saturated heterocycles. The molecule has 1 aromatic rings. The second kappa shape index (κ2) is 6.88. The smallest absolute Gasteiger partial charge is 0.228 e. The highest BCUT2D eigenvalue weighted by molar-refractivity contribution is 5.33. The van der Waals surface area contributed by atoms with Crippen molar-refractivity contribution in [3.8, 4) is 5.88 Å². The first-order valence-electron chi connectivity index (χ1n) is 7.56. The normalized spacial score (nSPS) is 18.8. The fourth-order valence-corrected chi connectivity index (χ4v) is 2.45. The van der Waals surface area contributed by atoms with Gasteiger partial charge in [0.05, 0.1) is 6.10 Å². The molecular weight excluding hydrogens is 252 g/mol. The Balaban J connectivity index is 2.11. The highest BCUT2D eigenvalue weighted by Crippen LogP contribution is 2.18. The summed E-state index contributed by atoms with van der Waals surface area (Å²) >= 11 is 0. The first kappa shape index (κ1) is 15.0. The summed E-state index contributed by atoms with van der Waals surface area (Å²) in [5.74, 6) is 1.40. The van der Waals surface area contributed by atoms with E-state index in [4.69, 9.17) is 4.74 Å². The summed E-state index contributed by atoms with van der Waals surface area (Å²) < 4.78 is 5.66. The van der Waals surface area contributed by atoms with Crippen LogP contribution >= 0.6 is 0 Å². The number of hydrogen-bond acceptors (Lipinski definition) is 5. The van der Waals surface area contributed by atoms with Gasteiger partial charge >= 0.3 is 0 Å². The zero-order chi connectivity index (χ0) is 14.5. The lowest BCUT2D eigenvalue weighted by atomic mass is 10.2. The first-order valence-corrected chi connectivity index (χ1v) is 7.56. The van der Waals surface area contributed by atoms with Gasteiger partial charge in [0.25, 0.3) is 0 Å². The van der Waals surface area contributed by atoms with Crippen molar-refractivity contribution < 1.29 is 4.74 Å². The van der Waals surface area contributed by atoms with Crippen LogP contribution in [0.2, 0.25) is 0 Å². The van der Waals surface area contributed by atoms with Crippen LogP contribution in [-0.2, 0) is 0 Å². The fourth-order valence-electron chi connectivity index (χ4n) is 2.45. The van der Waals surface area contributed by atoms with Gasteiger partial charge in [0, 0.05) is 30.9 Å². The molecule has 0 aliphatic carbocycles. The fraction of sp³-hybridized carbons (Fsp3) is 0.733. The van der Waals surface area contributed by atoms with Crippen LogP contribution in [-0.4, -0.2) is 41.2 Å². The van der Waals surface area contributed by atoms with E-state index in [0.29, 0.717) is 18.0 Å². The van der Waals surface area contributed by atoms with Crippen molar-refractivity contribution in [3.05, 3.63) is 12.3 Å². The van der Waals surface area contributed by atoms with Gasteiger partial charge in [-0.25, -0.2) is 4.98 Å². The third-order valence-electron chi connectivity index (χ3n) is 3.43. The van der Waals surface area contributed by atoms with Crippen LogP contribution < -0.4 is 15.0 Å². The molecule has 0 bridgehead atoms. The molecule has 5 nitrogen and oxygen atoms in total. The van der Waals surface area contributed by atoms with Gasteiger partial charge in [-0.3, -0.25) is 0 Å². The van der Waals surface area contributed by atoms with Crippen LogP contribution in [0.3, 0.4) is 0 Å². The van der Waals surface area contributed by atoms with E-state index in [2.05, 4.69) is 34.0 Å². The Morgan fingerprint density at radius 1 is 1.40 bits per heavy atom. The number of nitrogens with zero attached hydrogens (tertiary/aromatic N) is 3. The number of aromatic nitrogens is 2. The van der Waals surface area contributed by atoms with Gasteiger partial charge in [-0.2, -0.15) is 4.98 Å². The molecule has 0 aromatic carbocycles. The zero-order valence-corrected chi connectivity index (χ0v) is 13.0. The highest BCUT2D eigenvalue weighted by atomic mass is 16.5. The first-order chi connectivity index (χ1) is 9.56. The molecule has 1 aliphatic heterocycles. The average molecular weight is 278 g/mol. The molecule has 1 unspecified atom stereocenters. The van der Waals surface area contributed by atoms with E-state index >= 15 is 0 Å². The molecule has 5 heteroatoms. The molecule has 1 aliphatic rings. The molecule has 2 heterocycles. The van der Waals surface area contributed by atoms with Crippen molar-refractivity contribution >= 4 is 5.95 Å². The number of nitrogens with one attached hydrogen (secondary N) is 1. The third kappa shape index (κ3) is 4.07. The van der Waals surface area contributed by atoms with E-state index in [1.165, 1.54) is 12.8 Å². The van der Waals surface area contributed by atoms with Crippen molar-refractivity contribution in [2.75, 3.05) is 18.0 Å². The second-order valence-electron chi connectivity index (χ2n) is 5.90. The monoisotopic (exact) mass is 278 g/mol. The van der Waals surface area contributed by atoms with E-state index in [-0.39, 0.29) is 6.10 Å². The minimum atomic E-state index is 0.127. The van der Waals surface area contributed by atoms with Gasteiger partial charge in [-0.15, -0.1) is 0 Å². The summed E-state index contributed by atoms with van der Waals surface area (Å²) in [4.78, 5) is 11.2. The van der Waals surface area contributed by atoms with Crippen LogP contribution in [0, 0.1) is 0 Å². The standard InChI is InChI=1S/C15H26N4O/c1-11(2)19(10-13-6-5-8-16-13)15-17-9-7-14(18-15)20-12(3)4/h7,9,11-13,16H,5-6,8,10H2,1-4H3. The molecule has 0 amide bonds. The minimum Gasteiger partial charge on any atom is -0.475 e. The number of rotatable bonds is 6. The van der Waals surface area contributed by atoms with Crippen molar-refractivity contribution in [3.63, 3.8) is 0 Å². The van der Waals surface area contributed by atoms with Crippen molar-refractivity contribution in [2.45, 2.75) is 58.7 Å². The average Bonchev–Trinajstić information content (AvgIpc) is 2.88. The molecule has 1 N–H and O–H groups in total. The Morgan fingerprint density at radius 3 is 2.80 bits per heavy atom. The summed E-state index contributed by atoms with van der Waals surface area (Å²) in [6.07, 6.45) is 4.39. The van der Waals surface area contributed by atoms with Crippen molar-refractivity contribution in [1.82, 2.24) is 15.3 Å². The van der Waals surface area contributed by atoms with Crippen LogP contribution in [0.4, 0.5) is 5.95 Å². The maximum Gasteiger partial charge on any atom is 0.228 e. The highest BCUT2D eigenvalue weighted by Gasteiger charge is 2.22. The maximum absolute atomic E-state index is 5.66. The molecule has 0 spiro atoms. The summed E-state index contributed by atoms with van der Waals surface area (Å²) in [5.41, 5.74) is 0. The largest absolute Gasteiger partial charge is 0.475 e. The lowest BCUT2D eigenvalue weighted by Crippen LogP contribution is -2.42. The lowest BCUT2D eigenvalue weighted by molar-refractivity contribution is 0.232. The van der Waals surface area contributed by atoms with Gasteiger partial charge in [0.2, 0.25) is 11.8 Å². The molecule has 1 aromatic heterocycles. The Kier molecular flexibility index (Phi) is 5.17. The number of hydrogen-bond donors (Lipinski definition) is 1. The number of ether oxygens (including phenoxy) is 1. The van der Waals surface area contributed by atoms with Crippen LogP contribution in [0.5, 0.6) is 5.88 Å². The Hall–Kier alpha value is -1.36. The van der Waals surface area contributed by atoms with Crippen LogP contribution in [0.25, 0.3) is 0 Å². The van der Waals surface area contributed by atoms with Gasteiger partial charge in [-0.1, -0.05) is 0 Å². The van der Waals surface area contributed by atoms with Crippen molar-refractivity contribution in [2.24, 2.45) is 0 Å². The summed E-state index contributed by atoms with van der Waals surface area (Å²) in [7, 11) is 0. The summed E-state index contributed by atoms with van der Waals surface area (Å²) in [6.45, 7) is 10.4. The lowest BCUT2D eigenvalue weighted by Gasteiger charge is -2.29. The number of anilines is 1.